The highest BCUT2D eigenvalue weighted by Crippen LogP contribution is 2.61. The molecule has 0 aromatic heterocycles. The van der Waals surface area contributed by atoms with Crippen molar-refractivity contribution in [1.82, 2.24) is 0 Å². The Labute approximate surface area is 196 Å². The monoisotopic (exact) mass is 455 g/mol. The van der Waals surface area contributed by atoms with Crippen molar-refractivity contribution < 1.29 is 24.9 Å². The minimum Gasteiger partial charge on any atom is -0.508 e. The van der Waals surface area contributed by atoms with Crippen LogP contribution in [0.1, 0.15) is 48.3 Å². The highest BCUT2D eigenvalue weighted by atomic mass is 35.5. The van der Waals surface area contributed by atoms with Crippen LogP contribution in [0.15, 0.2) is 72.7 Å². The average Bonchev–Trinajstić information content (AvgIpc) is 2.87. The highest BCUT2D eigenvalue weighted by Gasteiger charge is 2.63. The van der Waals surface area contributed by atoms with Crippen molar-refractivity contribution in [1.29, 1.82) is 0 Å². The van der Waals surface area contributed by atoms with E-state index in [0.717, 1.165) is 5.56 Å². The van der Waals surface area contributed by atoms with Crippen molar-refractivity contribution in [2.45, 2.75) is 37.3 Å². The number of nitrogens with zero attached hydrogens (tertiary/aromatic N) is 1. The van der Waals surface area contributed by atoms with Crippen LogP contribution in [-0.2, 0) is 10.4 Å². The van der Waals surface area contributed by atoms with Crippen LogP contribution < -0.4 is 4.90 Å². The molecule has 2 aliphatic rings. The summed E-state index contributed by atoms with van der Waals surface area (Å²) in [6.07, 6.45) is 0.549. The molecule has 164 valence electrons. The zero-order valence-corrected chi connectivity index (χ0v) is 17.8. The number of rotatable bonds is 3. The van der Waals surface area contributed by atoms with Gasteiger partial charge in [-0.15, -0.1) is 0 Å². The lowest BCUT2D eigenvalue weighted by atomic mass is 9.56. The third kappa shape index (κ3) is 3.28. The Morgan fingerprint density at radius 2 is 1.56 bits per heavy atom. The standard InChI is InChI=1S/C26H23ClFNO3/c27-19-5-3-18(4-6-19)26(32)15-13-25(14-16-26)23(17-1-11-22(30)12-2-17)29(24(25)31)21-9-7-20(28)8-10-21/h1-12,23,30,32H,13-16H2/t23-,25?,26?/m1/s1/i3D,4D,5D,6D. The van der Waals surface area contributed by atoms with Crippen molar-refractivity contribution in [2.75, 3.05) is 4.90 Å². The molecule has 1 saturated carbocycles. The largest absolute Gasteiger partial charge is 0.508 e. The number of amides is 1. The molecule has 0 radical (unpaired) electrons. The number of phenolic OH excluding ortho intramolecular Hbond substituents is 1. The predicted molar refractivity (Wildman–Crippen MR) is 121 cm³/mol. The molecular weight excluding hydrogens is 429 g/mol. The fourth-order valence-corrected chi connectivity index (χ4v) is 5.12. The van der Waals surface area contributed by atoms with E-state index in [9.17, 15) is 19.4 Å². The molecule has 1 amide bonds. The highest BCUT2D eigenvalue weighted by molar-refractivity contribution is 6.30. The van der Waals surface area contributed by atoms with Crippen molar-refractivity contribution in [3.63, 3.8) is 0 Å². The predicted octanol–water partition coefficient (Wildman–Crippen LogP) is 5.72. The van der Waals surface area contributed by atoms with Gasteiger partial charge in [0.15, 0.2) is 0 Å². The number of carbonyl (C=O) groups excluding carboxylic acids is 1. The molecule has 5 rings (SSSR count). The topological polar surface area (TPSA) is 60.8 Å². The van der Waals surface area contributed by atoms with E-state index in [0.29, 0.717) is 5.69 Å². The number of phenols is 1. The first kappa shape index (κ1) is 16.7. The first-order valence-electron chi connectivity index (χ1n) is 12.4. The molecule has 1 aliphatic carbocycles. The molecule has 2 fully saturated rings. The smallest absolute Gasteiger partial charge is 0.236 e. The second-order valence-corrected chi connectivity index (χ2v) is 8.90. The number of benzene rings is 3. The molecular formula is C26H23ClFNO3. The van der Waals surface area contributed by atoms with Gasteiger partial charge in [-0.05, 0) is 85.3 Å². The Kier molecular flexibility index (Phi) is 3.97. The number of hydrogen-bond acceptors (Lipinski definition) is 3. The number of halogens is 2. The quantitative estimate of drug-likeness (QED) is 0.496. The van der Waals surface area contributed by atoms with Crippen LogP contribution in [0.3, 0.4) is 0 Å². The molecule has 1 atom stereocenters. The van der Waals surface area contributed by atoms with Gasteiger partial charge in [0.2, 0.25) is 5.91 Å². The van der Waals surface area contributed by atoms with Crippen molar-refractivity contribution in [2.24, 2.45) is 5.41 Å². The summed E-state index contributed by atoms with van der Waals surface area (Å²) in [5.74, 6) is -0.519. The average molecular weight is 456 g/mol. The van der Waals surface area contributed by atoms with Crippen LogP contribution in [0.2, 0.25) is 5.02 Å². The van der Waals surface area contributed by atoms with E-state index in [2.05, 4.69) is 0 Å². The normalized spacial score (nSPS) is 29.2. The number of carbonyl (C=O) groups is 1. The van der Waals surface area contributed by atoms with Crippen LogP contribution in [0.4, 0.5) is 10.1 Å². The van der Waals surface area contributed by atoms with E-state index >= 15 is 0 Å². The maximum atomic E-state index is 13.7. The Hall–Kier alpha value is -2.89. The lowest BCUT2D eigenvalue weighted by Crippen LogP contribution is -2.65. The SMILES string of the molecule is [2H]c1c([2H])c(C2(O)CCC3(CC2)C(=O)N(c2ccc(F)cc2)[C@@H]3c2ccc(O)cc2)c([2H])c([2H])c1Cl. The van der Waals surface area contributed by atoms with Gasteiger partial charge in [-0.2, -0.15) is 0 Å². The van der Waals surface area contributed by atoms with Gasteiger partial charge >= 0.3 is 0 Å². The Bertz CT molecular complexity index is 1330. The minimum absolute atomic E-state index is 0.0445. The van der Waals surface area contributed by atoms with E-state index in [1.165, 1.54) is 36.4 Å². The molecule has 32 heavy (non-hydrogen) atoms. The third-order valence-corrected chi connectivity index (χ3v) is 6.96. The van der Waals surface area contributed by atoms with Crippen LogP contribution in [0.25, 0.3) is 0 Å². The second kappa shape index (κ2) is 7.61. The molecule has 3 aromatic carbocycles. The van der Waals surface area contributed by atoms with Gasteiger partial charge in [-0.3, -0.25) is 4.79 Å². The van der Waals surface area contributed by atoms with E-state index in [1.807, 2.05) is 0 Å². The zero-order valence-electron chi connectivity index (χ0n) is 21.0. The summed E-state index contributed by atoms with van der Waals surface area (Å²) in [5, 5.41) is 21.0. The van der Waals surface area contributed by atoms with Gasteiger partial charge in [0, 0.05) is 10.7 Å². The maximum Gasteiger partial charge on any atom is 0.236 e. The summed E-state index contributed by atoms with van der Waals surface area (Å²) >= 11 is 5.93. The second-order valence-electron chi connectivity index (χ2n) is 8.52. The van der Waals surface area contributed by atoms with Crippen molar-refractivity contribution in [3.8, 4) is 5.75 Å². The fourth-order valence-electron chi connectivity index (χ4n) is 5.02. The summed E-state index contributed by atoms with van der Waals surface area (Å²) in [5.41, 5.74) is -1.35. The summed E-state index contributed by atoms with van der Waals surface area (Å²) in [4.78, 5) is 15.2. The summed E-state index contributed by atoms with van der Waals surface area (Å²) in [6, 6.07) is 10.1. The van der Waals surface area contributed by atoms with Crippen molar-refractivity contribution >= 4 is 23.2 Å². The van der Waals surface area contributed by atoms with Gasteiger partial charge < -0.3 is 15.1 Å². The molecule has 1 heterocycles. The minimum atomic E-state index is -1.66. The first-order chi connectivity index (χ1) is 17.0. The van der Waals surface area contributed by atoms with Gasteiger partial charge in [0.05, 0.1) is 22.5 Å². The molecule has 3 aromatic rings. The number of anilines is 1. The molecule has 1 saturated heterocycles. The summed E-state index contributed by atoms with van der Waals surface area (Å²) in [6.45, 7) is 0. The van der Waals surface area contributed by atoms with Gasteiger partial charge in [-0.1, -0.05) is 35.8 Å². The number of β-lactam (4-membered cyclic amide) rings is 1. The molecule has 0 unspecified atom stereocenters. The molecule has 0 bridgehead atoms. The van der Waals surface area contributed by atoms with Crippen LogP contribution in [0, 0.1) is 11.2 Å². The molecule has 2 N–H and O–H groups in total. The number of aromatic hydroxyl groups is 1. The van der Waals surface area contributed by atoms with Crippen LogP contribution in [-0.4, -0.2) is 16.1 Å². The zero-order chi connectivity index (χ0) is 26.0. The first-order valence-corrected chi connectivity index (χ1v) is 10.7. The molecule has 6 heteroatoms. The van der Waals surface area contributed by atoms with E-state index in [-0.39, 0.29) is 60.0 Å². The Balaban J connectivity index is 1.53. The van der Waals surface area contributed by atoms with E-state index in [4.69, 9.17) is 17.1 Å². The molecule has 1 aliphatic heterocycles. The third-order valence-electron chi connectivity index (χ3n) is 6.77. The number of hydrogen-bond donors (Lipinski definition) is 2. The van der Waals surface area contributed by atoms with Gasteiger partial charge in [0.1, 0.15) is 11.6 Å². The van der Waals surface area contributed by atoms with Crippen LogP contribution in [0.5, 0.6) is 5.75 Å². The van der Waals surface area contributed by atoms with Crippen molar-refractivity contribution in [3.05, 3.63) is 94.7 Å². The maximum absolute atomic E-state index is 13.7. The lowest BCUT2D eigenvalue weighted by molar-refractivity contribution is -0.149. The fraction of sp³-hybridized carbons (Fsp3) is 0.269. The molecule has 1 spiro atoms. The van der Waals surface area contributed by atoms with Crippen LogP contribution >= 0.6 is 11.6 Å². The van der Waals surface area contributed by atoms with Gasteiger partial charge in [0.25, 0.3) is 0 Å². The Morgan fingerprint density at radius 1 is 0.969 bits per heavy atom. The lowest BCUT2D eigenvalue weighted by Gasteiger charge is -2.59. The molecule has 4 nitrogen and oxygen atoms in total. The number of aliphatic hydroxyl groups is 1. The summed E-state index contributed by atoms with van der Waals surface area (Å²) in [7, 11) is 0. The van der Waals surface area contributed by atoms with E-state index in [1.54, 1.807) is 17.0 Å². The van der Waals surface area contributed by atoms with Gasteiger partial charge in [-0.25, -0.2) is 4.39 Å². The summed E-state index contributed by atoms with van der Waals surface area (Å²) < 4.78 is 46.3. The Morgan fingerprint density at radius 3 is 2.16 bits per heavy atom. The van der Waals surface area contributed by atoms with E-state index < -0.39 is 35.0 Å².